The molecule has 1 rings (SSSR count). The van der Waals surface area contributed by atoms with Gasteiger partial charge in [-0.15, -0.1) is 0 Å². The van der Waals surface area contributed by atoms with Gasteiger partial charge in [-0.3, -0.25) is 4.79 Å². The van der Waals surface area contributed by atoms with Crippen LogP contribution in [-0.4, -0.2) is 28.5 Å². The lowest BCUT2D eigenvalue weighted by atomic mass is 10.1. The van der Waals surface area contributed by atoms with Gasteiger partial charge in [0.05, 0.1) is 5.56 Å². The topological polar surface area (TPSA) is 40.5 Å². The standard InChI is InChI=1S/C13H19NO2/c1-5-14(9(2)3)13(16)11-7-6-10(4)8-12(11)15/h6-9,15H,5H2,1-4H3. The average molecular weight is 221 g/mol. The van der Waals surface area contributed by atoms with Crippen molar-refractivity contribution in [3.05, 3.63) is 29.3 Å². The number of nitrogens with zero attached hydrogens (tertiary/aromatic N) is 1. The second kappa shape index (κ2) is 5.01. The van der Waals surface area contributed by atoms with Gasteiger partial charge >= 0.3 is 0 Å². The summed E-state index contributed by atoms with van der Waals surface area (Å²) >= 11 is 0. The lowest BCUT2D eigenvalue weighted by Crippen LogP contribution is -2.36. The zero-order chi connectivity index (χ0) is 12.3. The Labute approximate surface area is 96.7 Å². The maximum absolute atomic E-state index is 12.1. The Balaban J connectivity index is 3.04. The Morgan fingerprint density at radius 1 is 1.44 bits per heavy atom. The van der Waals surface area contributed by atoms with Gasteiger partial charge in [0.15, 0.2) is 0 Å². The first-order valence-electron chi connectivity index (χ1n) is 5.58. The highest BCUT2D eigenvalue weighted by atomic mass is 16.3. The van der Waals surface area contributed by atoms with Gasteiger partial charge < -0.3 is 10.0 Å². The van der Waals surface area contributed by atoms with Gasteiger partial charge in [0.1, 0.15) is 5.75 Å². The molecule has 0 saturated carbocycles. The highest BCUT2D eigenvalue weighted by molar-refractivity contribution is 5.97. The molecule has 0 aliphatic carbocycles. The molecule has 0 heterocycles. The third-order valence-corrected chi connectivity index (χ3v) is 2.61. The quantitative estimate of drug-likeness (QED) is 0.852. The number of aryl methyl sites for hydroxylation is 1. The summed E-state index contributed by atoms with van der Waals surface area (Å²) in [6, 6.07) is 5.26. The number of rotatable bonds is 3. The van der Waals surface area contributed by atoms with Crippen LogP contribution in [0.1, 0.15) is 36.7 Å². The van der Waals surface area contributed by atoms with Crippen LogP contribution < -0.4 is 0 Å². The molecule has 1 amide bonds. The molecule has 3 heteroatoms. The van der Waals surface area contributed by atoms with Crippen LogP contribution in [0.5, 0.6) is 5.75 Å². The fourth-order valence-electron chi connectivity index (χ4n) is 1.72. The Hall–Kier alpha value is -1.51. The summed E-state index contributed by atoms with van der Waals surface area (Å²) in [5.41, 5.74) is 1.32. The minimum absolute atomic E-state index is 0.0594. The van der Waals surface area contributed by atoms with Crippen molar-refractivity contribution >= 4 is 5.91 Å². The van der Waals surface area contributed by atoms with Gasteiger partial charge in [0.2, 0.25) is 0 Å². The predicted octanol–water partition coefficient (Wildman–Crippen LogP) is 2.57. The molecule has 1 aromatic carbocycles. The molecule has 0 fully saturated rings. The van der Waals surface area contributed by atoms with Crippen LogP contribution in [0.3, 0.4) is 0 Å². The third kappa shape index (κ3) is 2.54. The van der Waals surface area contributed by atoms with Crippen LogP contribution in [0, 0.1) is 6.92 Å². The van der Waals surface area contributed by atoms with Crippen LogP contribution in [0.15, 0.2) is 18.2 Å². The number of aromatic hydroxyl groups is 1. The van der Waals surface area contributed by atoms with E-state index in [0.717, 1.165) is 5.56 Å². The fraction of sp³-hybridized carbons (Fsp3) is 0.462. The first-order chi connectivity index (χ1) is 7.47. The van der Waals surface area contributed by atoms with Gasteiger partial charge in [0, 0.05) is 12.6 Å². The minimum Gasteiger partial charge on any atom is -0.507 e. The van der Waals surface area contributed by atoms with Crippen LogP contribution in [-0.2, 0) is 0 Å². The SMILES string of the molecule is CCN(C(=O)c1ccc(C)cc1O)C(C)C. The minimum atomic E-state index is -0.116. The summed E-state index contributed by atoms with van der Waals surface area (Å²) in [6.45, 7) is 8.39. The van der Waals surface area contributed by atoms with E-state index < -0.39 is 0 Å². The third-order valence-electron chi connectivity index (χ3n) is 2.61. The summed E-state index contributed by atoms with van der Waals surface area (Å²) in [5.74, 6) is -0.0564. The van der Waals surface area contributed by atoms with Crippen molar-refractivity contribution in [2.24, 2.45) is 0 Å². The van der Waals surface area contributed by atoms with Crippen molar-refractivity contribution < 1.29 is 9.90 Å². The van der Waals surface area contributed by atoms with Crippen molar-refractivity contribution in [1.82, 2.24) is 4.90 Å². The van der Waals surface area contributed by atoms with Crippen LogP contribution in [0.2, 0.25) is 0 Å². The van der Waals surface area contributed by atoms with E-state index >= 15 is 0 Å². The lowest BCUT2D eigenvalue weighted by Gasteiger charge is -2.25. The maximum Gasteiger partial charge on any atom is 0.257 e. The molecular weight excluding hydrogens is 202 g/mol. The molecule has 0 atom stereocenters. The van der Waals surface area contributed by atoms with Gasteiger partial charge in [-0.25, -0.2) is 0 Å². The predicted molar refractivity (Wildman–Crippen MR) is 64.7 cm³/mol. The Morgan fingerprint density at radius 2 is 2.06 bits per heavy atom. The molecule has 0 aliphatic heterocycles. The number of hydrogen-bond acceptors (Lipinski definition) is 2. The van der Waals surface area contributed by atoms with Gasteiger partial charge in [-0.2, -0.15) is 0 Å². The fourth-order valence-corrected chi connectivity index (χ4v) is 1.72. The number of hydrogen-bond donors (Lipinski definition) is 1. The van der Waals surface area contributed by atoms with E-state index in [0.29, 0.717) is 12.1 Å². The molecule has 0 radical (unpaired) electrons. The first-order valence-corrected chi connectivity index (χ1v) is 5.58. The van der Waals surface area contributed by atoms with Crippen LogP contribution in [0.4, 0.5) is 0 Å². The number of carbonyl (C=O) groups excluding carboxylic acids is 1. The normalized spacial score (nSPS) is 10.6. The van der Waals surface area contributed by atoms with Gasteiger partial charge in [-0.05, 0) is 45.4 Å². The average Bonchev–Trinajstić information content (AvgIpc) is 2.17. The van der Waals surface area contributed by atoms with E-state index in [1.54, 1.807) is 17.0 Å². The van der Waals surface area contributed by atoms with Gasteiger partial charge in [-0.1, -0.05) is 6.07 Å². The zero-order valence-electron chi connectivity index (χ0n) is 10.3. The molecule has 0 spiro atoms. The largest absolute Gasteiger partial charge is 0.507 e. The summed E-state index contributed by atoms with van der Waals surface area (Å²) < 4.78 is 0. The second-order valence-corrected chi connectivity index (χ2v) is 4.21. The summed E-state index contributed by atoms with van der Waals surface area (Å²) in [4.78, 5) is 13.8. The smallest absolute Gasteiger partial charge is 0.257 e. The van der Waals surface area contributed by atoms with Gasteiger partial charge in [0.25, 0.3) is 5.91 Å². The molecule has 1 aromatic rings. The maximum atomic E-state index is 12.1. The molecule has 0 aromatic heterocycles. The molecule has 88 valence electrons. The highest BCUT2D eigenvalue weighted by Gasteiger charge is 2.19. The van der Waals surface area contributed by atoms with Crippen molar-refractivity contribution in [1.29, 1.82) is 0 Å². The number of benzene rings is 1. The molecule has 0 saturated heterocycles. The highest BCUT2D eigenvalue weighted by Crippen LogP contribution is 2.20. The molecule has 1 N–H and O–H groups in total. The summed E-state index contributed by atoms with van der Waals surface area (Å²) in [5, 5.41) is 9.74. The number of amides is 1. The molecular formula is C13H19NO2. The molecule has 16 heavy (non-hydrogen) atoms. The number of phenols is 1. The number of phenolic OH excluding ortho intramolecular Hbond substituents is 1. The molecule has 0 bridgehead atoms. The van der Waals surface area contributed by atoms with E-state index in [4.69, 9.17) is 0 Å². The van der Waals surface area contributed by atoms with E-state index in [2.05, 4.69) is 0 Å². The summed E-state index contributed by atoms with van der Waals surface area (Å²) in [7, 11) is 0. The zero-order valence-corrected chi connectivity index (χ0v) is 10.3. The van der Waals surface area contributed by atoms with Crippen molar-refractivity contribution in [3.63, 3.8) is 0 Å². The second-order valence-electron chi connectivity index (χ2n) is 4.21. The Kier molecular flexibility index (Phi) is 3.93. The molecule has 0 aliphatic rings. The van der Waals surface area contributed by atoms with Crippen molar-refractivity contribution in [2.75, 3.05) is 6.54 Å². The van der Waals surface area contributed by atoms with Crippen molar-refractivity contribution in [2.45, 2.75) is 33.7 Å². The molecule has 3 nitrogen and oxygen atoms in total. The Morgan fingerprint density at radius 3 is 2.50 bits per heavy atom. The number of carbonyl (C=O) groups is 1. The monoisotopic (exact) mass is 221 g/mol. The molecule has 0 unspecified atom stereocenters. The lowest BCUT2D eigenvalue weighted by molar-refractivity contribution is 0.0714. The van der Waals surface area contributed by atoms with E-state index in [-0.39, 0.29) is 17.7 Å². The first kappa shape index (κ1) is 12.6. The van der Waals surface area contributed by atoms with Crippen LogP contribution in [0.25, 0.3) is 0 Å². The van der Waals surface area contributed by atoms with Crippen LogP contribution >= 0.6 is 0 Å². The van der Waals surface area contributed by atoms with E-state index in [9.17, 15) is 9.90 Å². The Bertz CT molecular complexity index is 386. The van der Waals surface area contributed by atoms with E-state index in [1.165, 1.54) is 0 Å². The van der Waals surface area contributed by atoms with E-state index in [1.807, 2.05) is 33.8 Å². The summed E-state index contributed by atoms with van der Waals surface area (Å²) in [6.07, 6.45) is 0. The van der Waals surface area contributed by atoms with Crippen molar-refractivity contribution in [3.8, 4) is 5.75 Å².